The first-order chi connectivity index (χ1) is 9.06. The van der Waals surface area contributed by atoms with E-state index in [0.29, 0.717) is 13.3 Å². The standard InChI is InChI=1S/C14H15N3O2/c1-10-3-4-12(11(2)7-10)15-8-16-13(18)5-6-14(19)17(16)9-15/h3-7H,8-9H2,1-2H3. The fourth-order valence-electron chi connectivity index (χ4n) is 2.53. The number of hydrogen-bond acceptors (Lipinski definition) is 3. The summed E-state index contributed by atoms with van der Waals surface area (Å²) in [5.74, 6) is 0. The highest BCUT2D eigenvalue weighted by Crippen LogP contribution is 2.23. The van der Waals surface area contributed by atoms with E-state index in [-0.39, 0.29) is 11.1 Å². The molecule has 0 fully saturated rings. The van der Waals surface area contributed by atoms with Gasteiger partial charge in [0.1, 0.15) is 13.3 Å². The van der Waals surface area contributed by atoms with Crippen molar-refractivity contribution in [3.8, 4) is 0 Å². The summed E-state index contributed by atoms with van der Waals surface area (Å²) < 4.78 is 2.95. The summed E-state index contributed by atoms with van der Waals surface area (Å²) in [4.78, 5) is 25.5. The SMILES string of the molecule is Cc1ccc(N2Cn3c(=O)ccc(=O)n3C2)c(C)c1. The minimum absolute atomic E-state index is 0.146. The first-order valence-electron chi connectivity index (χ1n) is 6.19. The summed E-state index contributed by atoms with van der Waals surface area (Å²) in [7, 11) is 0. The van der Waals surface area contributed by atoms with Gasteiger partial charge in [0.2, 0.25) is 0 Å². The van der Waals surface area contributed by atoms with Gasteiger partial charge in [-0.05, 0) is 25.5 Å². The van der Waals surface area contributed by atoms with Gasteiger partial charge in [0, 0.05) is 17.8 Å². The van der Waals surface area contributed by atoms with Crippen LogP contribution in [0.4, 0.5) is 5.69 Å². The van der Waals surface area contributed by atoms with E-state index in [9.17, 15) is 9.59 Å². The molecule has 1 aromatic heterocycles. The van der Waals surface area contributed by atoms with Crippen LogP contribution < -0.4 is 16.0 Å². The molecule has 1 aliphatic rings. The molecular formula is C14H15N3O2. The zero-order valence-corrected chi connectivity index (χ0v) is 11.0. The third-order valence-electron chi connectivity index (χ3n) is 3.47. The second-order valence-electron chi connectivity index (χ2n) is 4.92. The molecule has 0 radical (unpaired) electrons. The lowest BCUT2D eigenvalue weighted by Crippen LogP contribution is -2.32. The van der Waals surface area contributed by atoms with E-state index in [1.807, 2.05) is 30.9 Å². The van der Waals surface area contributed by atoms with Gasteiger partial charge in [0.15, 0.2) is 0 Å². The third-order valence-corrected chi connectivity index (χ3v) is 3.47. The average Bonchev–Trinajstić information content (AvgIpc) is 2.80. The highest BCUT2D eigenvalue weighted by molar-refractivity contribution is 5.53. The molecular weight excluding hydrogens is 242 g/mol. The Morgan fingerprint density at radius 1 is 0.895 bits per heavy atom. The molecule has 19 heavy (non-hydrogen) atoms. The molecule has 98 valence electrons. The molecule has 3 rings (SSSR count). The van der Waals surface area contributed by atoms with Gasteiger partial charge in [-0.2, -0.15) is 0 Å². The Balaban J connectivity index is 2.05. The molecule has 1 aliphatic heterocycles. The smallest absolute Gasteiger partial charge is 0.267 e. The van der Waals surface area contributed by atoms with E-state index in [4.69, 9.17) is 0 Å². The number of aromatic nitrogens is 2. The van der Waals surface area contributed by atoms with Crippen LogP contribution in [0.5, 0.6) is 0 Å². The molecule has 5 heteroatoms. The summed E-state index contributed by atoms with van der Waals surface area (Å²) >= 11 is 0. The molecule has 0 N–H and O–H groups in total. The van der Waals surface area contributed by atoms with E-state index in [0.717, 1.165) is 11.3 Å². The van der Waals surface area contributed by atoms with Crippen LogP contribution in [0.1, 0.15) is 11.1 Å². The van der Waals surface area contributed by atoms with Gasteiger partial charge in [0.25, 0.3) is 11.1 Å². The lowest BCUT2D eigenvalue weighted by Gasteiger charge is -2.18. The monoisotopic (exact) mass is 257 g/mol. The maximum absolute atomic E-state index is 11.8. The first-order valence-corrected chi connectivity index (χ1v) is 6.19. The van der Waals surface area contributed by atoms with Crippen molar-refractivity contribution in [2.24, 2.45) is 0 Å². The Morgan fingerprint density at radius 2 is 1.47 bits per heavy atom. The number of aryl methyl sites for hydroxylation is 2. The summed E-state index contributed by atoms with van der Waals surface area (Å²) in [6.45, 7) is 4.92. The van der Waals surface area contributed by atoms with Crippen molar-refractivity contribution in [1.29, 1.82) is 0 Å². The highest BCUT2D eigenvalue weighted by atomic mass is 16.2. The Labute approximate surface area is 110 Å². The van der Waals surface area contributed by atoms with Crippen molar-refractivity contribution in [2.75, 3.05) is 4.90 Å². The Morgan fingerprint density at radius 3 is 2.00 bits per heavy atom. The van der Waals surface area contributed by atoms with Gasteiger partial charge in [-0.15, -0.1) is 0 Å². The van der Waals surface area contributed by atoms with Crippen LogP contribution >= 0.6 is 0 Å². The van der Waals surface area contributed by atoms with Crippen LogP contribution in [0.3, 0.4) is 0 Å². The van der Waals surface area contributed by atoms with Crippen LogP contribution in [-0.4, -0.2) is 9.36 Å². The Bertz CT molecular complexity index is 719. The average molecular weight is 257 g/mol. The number of benzene rings is 1. The molecule has 0 unspecified atom stereocenters. The van der Waals surface area contributed by atoms with Gasteiger partial charge < -0.3 is 4.90 Å². The van der Waals surface area contributed by atoms with Gasteiger partial charge in [-0.1, -0.05) is 17.7 Å². The molecule has 0 spiro atoms. The molecule has 0 amide bonds. The minimum atomic E-state index is -0.146. The minimum Gasteiger partial charge on any atom is -0.332 e. The number of anilines is 1. The predicted octanol–water partition coefficient (Wildman–Crippen LogP) is 1.06. The van der Waals surface area contributed by atoms with E-state index in [1.54, 1.807) is 0 Å². The van der Waals surface area contributed by atoms with Gasteiger partial charge in [-0.25, -0.2) is 9.36 Å². The van der Waals surface area contributed by atoms with Crippen LogP contribution in [-0.2, 0) is 13.3 Å². The molecule has 0 saturated carbocycles. The molecule has 0 bridgehead atoms. The molecule has 2 aromatic rings. The van der Waals surface area contributed by atoms with Gasteiger partial charge >= 0.3 is 0 Å². The second-order valence-corrected chi connectivity index (χ2v) is 4.92. The van der Waals surface area contributed by atoms with Crippen molar-refractivity contribution in [1.82, 2.24) is 9.36 Å². The maximum Gasteiger partial charge on any atom is 0.267 e. The van der Waals surface area contributed by atoms with Crippen LogP contribution in [0.25, 0.3) is 0 Å². The summed E-state index contributed by atoms with van der Waals surface area (Å²) in [6, 6.07) is 8.82. The molecule has 0 saturated heterocycles. The first kappa shape index (κ1) is 11.8. The van der Waals surface area contributed by atoms with E-state index >= 15 is 0 Å². The molecule has 0 atom stereocenters. The van der Waals surface area contributed by atoms with E-state index < -0.39 is 0 Å². The van der Waals surface area contributed by atoms with Crippen molar-refractivity contribution < 1.29 is 0 Å². The number of nitrogens with zero attached hydrogens (tertiary/aromatic N) is 3. The highest BCUT2D eigenvalue weighted by Gasteiger charge is 2.21. The normalized spacial score (nSPS) is 13.7. The topological polar surface area (TPSA) is 47.2 Å². The predicted molar refractivity (Wildman–Crippen MR) is 73.4 cm³/mol. The lowest BCUT2D eigenvalue weighted by molar-refractivity contribution is 0.548. The molecule has 2 heterocycles. The van der Waals surface area contributed by atoms with Crippen LogP contribution in [0, 0.1) is 13.8 Å². The number of rotatable bonds is 1. The summed E-state index contributed by atoms with van der Waals surface area (Å²) in [5.41, 5.74) is 3.11. The van der Waals surface area contributed by atoms with Crippen molar-refractivity contribution >= 4 is 5.69 Å². The van der Waals surface area contributed by atoms with E-state index in [2.05, 4.69) is 6.07 Å². The zero-order chi connectivity index (χ0) is 13.6. The number of hydrogen-bond donors (Lipinski definition) is 0. The van der Waals surface area contributed by atoms with Gasteiger partial charge in [0.05, 0.1) is 0 Å². The molecule has 5 nitrogen and oxygen atoms in total. The van der Waals surface area contributed by atoms with Crippen LogP contribution in [0.15, 0.2) is 39.9 Å². The van der Waals surface area contributed by atoms with Gasteiger partial charge in [-0.3, -0.25) is 9.59 Å². The summed E-state index contributed by atoms with van der Waals surface area (Å²) in [5, 5.41) is 0. The molecule has 1 aromatic carbocycles. The van der Waals surface area contributed by atoms with Crippen molar-refractivity contribution in [3.63, 3.8) is 0 Å². The van der Waals surface area contributed by atoms with Crippen LogP contribution in [0.2, 0.25) is 0 Å². The fourth-order valence-corrected chi connectivity index (χ4v) is 2.53. The maximum atomic E-state index is 11.8. The van der Waals surface area contributed by atoms with Crippen molar-refractivity contribution in [2.45, 2.75) is 27.2 Å². The van der Waals surface area contributed by atoms with Crippen molar-refractivity contribution in [3.05, 3.63) is 62.2 Å². The fraction of sp³-hybridized carbons (Fsp3) is 0.286. The Kier molecular flexibility index (Phi) is 2.55. The lowest BCUT2D eigenvalue weighted by atomic mass is 10.1. The van der Waals surface area contributed by atoms with E-state index in [1.165, 1.54) is 27.1 Å². The Hall–Kier alpha value is -2.30. The third kappa shape index (κ3) is 1.87. The molecule has 0 aliphatic carbocycles. The second kappa shape index (κ2) is 4.12. The zero-order valence-electron chi connectivity index (χ0n) is 11.0. The quantitative estimate of drug-likeness (QED) is 0.767. The number of fused-ring (bicyclic) bond motifs is 1. The summed E-state index contributed by atoms with van der Waals surface area (Å²) in [6.07, 6.45) is 0. The largest absolute Gasteiger partial charge is 0.332 e.